The van der Waals surface area contributed by atoms with Gasteiger partial charge in [-0.1, -0.05) is 0 Å². The van der Waals surface area contributed by atoms with Crippen molar-refractivity contribution in [2.24, 2.45) is 23.7 Å². The van der Waals surface area contributed by atoms with Crippen LogP contribution in [-0.2, 0) is 34.3 Å². The fourth-order valence-corrected chi connectivity index (χ4v) is 31.3. The Balaban J connectivity index is 1.30. The summed E-state index contributed by atoms with van der Waals surface area (Å²) in [6.07, 6.45) is 7.58. The quantitative estimate of drug-likeness (QED) is 0.113. The Morgan fingerprint density at radius 2 is 0.879 bits per heavy atom. The molecule has 0 fully saturated rings. The van der Waals surface area contributed by atoms with Crippen LogP contribution in [0.15, 0.2) is 139 Å². The molecule has 1 aliphatic heterocycles. The molecule has 0 amide bonds. The Hall–Kier alpha value is -4.11. The number of hydrogen-bond acceptors (Lipinski definition) is 0. The minimum absolute atomic E-state index is 0.462. The molecule has 0 radical (unpaired) electrons. The van der Waals surface area contributed by atoms with Gasteiger partial charge in [0, 0.05) is 0 Å². The first kappa shape index (κ1) is 39.4. The Kier molecular flexibility index (Phi) is 11.0. The molecule has 291 valence electrons. The summed E-state index contributed by atoms with van der Waals surface area (Å²) in [6.45, 7) is 19.3. The zero-order valence-corrected chi connectivity index (χ0v) is 40.9. The molecule has 0 bridgehead atoms. The van der Waals surface area contributed by atoms with Gasteiger partial charge in [0.2, 0.25) is 0 Å². The van der Waals surface area contributed by atoms with Crippen LogP contribution in [0.4, 0.5) is 0 Å². The summed E-state index contributed by atoms with van der Waals surface area (Å²) < 4.78 is 2.74. The summed E-state index contributed by atoms with van der Waals surface area (Å²) >= 11 is -3.17. The molecule has 0 aromatic heterocycles. The third-order valence-electron chi connectivity index (χ3n) is 13.2. The van der Waals surface area contributed by atoms with Crippen LogP contribution in [0.5, 0.6) is 0 Å². The van der Waals surface area contributed by atoms with Gasteiger partial charge >= 0.3 is 361 Å². The van der Waals surface area contributed by atoms with E-state index in [1.807, 2.05) is 0 Å². The zero-order chi connectivity index (χ0) is 40.2. The van der Waals surface area contributed by atoms with Gasteiger partial charge in [-0.2, -0.15) is 0 Å². The van der Waals surface area contributed by atoms with Gasteiger partial charge in [-0.15, -0.1) is 0 Å². The topological polar surface area (TPSA) is 0 Å². The van der Waals surface area contributed by atoms with Gasteiger partial charge in [0.1, 0.15) is 0 Å². The van der Waals surface area contributed by atoms with E-state index in [1.165, 1.54) is 55.6 Å². The maximum absolute atomic E-state index is 3.17. The van der Waals surface area contributed by atoms with Crippen molar-refractivity contribution in [1.29, 1.82) is 0 Å². The minimum atomic E-state index is -3.17. The van der Waals surface area contributed by atoms with Crippen molar-refractivity contribution >= 4 is 35.4 Å². The van der Waals surface area contributed by atoms with Crippen LogP contribution >= 0.6 is 0 Å². The molecule has 6 aromatic carbocycles. The Labute approximate surface area is 358 Å². The normalized spacial score (nSPS) is 16.9. The van der Waals surface area contributed by atoms with E-state index in [4.69, 9.17) is 0 Å². The van der Waals surface area contributed by atoms with Crippen LogP contribution in [0.3, 0.4) is 0 Å². The van der Waals surface area contributed by atoms with E-state index >= 15 is 0 Å². The standard InChI is InChI=1S/2C22H25.C12H9Si.Hf/c2*1-15(2)12-17-8-5-6-10-20(17)21-11-7-9-18-13-19(16(3)4)14-22(18)21;1-3-7-11-9(5-1)10-6-2-4-8-12(10)13-11;/h2*5-11,13-16H,12H2,1-4H3;1-7H,13H2;. The molecule has 2 aliphatic carbocycles. The third-order valence-corrected chi connectivity index (χ3v) is 29.6. The van der Waals surface area contributed by atoms with Crippen molar-refractivity contribution < 1.29 is 21.4 Å². The van der Waals surface area contributed by atoms with Gasteiger partial charge in [0.25, 0.3) is 0 Å². The third kappa shape index (κ3) is 6.97. The van der Waals surface area contributed by atoms with Gasteiger partial charge in [-0.3, -0.25) is 0 Å². The fraction of sp³-hybridized carbons (Fsp3) is 0.286. The predicted octanol–water partition coefficient (Wildman–Crippen LogP) is 12.3. The maximum atomic E-state index is 2.69. The molecule has 0 N–H and O–H groups in total. The van der Waals surface area contributed by atoms with Gasteiger partial charge in [0.15, 0.2) is 0 Å². The molecular weight excluding hydrogens is 879 g/mol. The van der Waals surface area contributed by atoms with Crippen LogP contribution in [0, 0.1) is 23.7 Å². The SMILES string of the molecule is CC(C)Cc1ccccc1-c1cccc2c1C=C(C(C)C)[CH]2[Hf]([c]1cccc2c1[SiH2]c1ccccc1-2)[CH]1C(C(C)C)=Cc2c(-c3ccccc3CC(C)C)cccc21. The molecule has 0 saturated carbocycles. The van der Waals surface area contributed by atoms with Crippen molar-refractivity contribution in [1.82, 2.24) is 0 Å². The van der Waals surface area contributed by atoms with E-state index < -0.39 is 31.0 Å². The molecule has 2 atom stereocenters. The van der Waals surface area contributed by atoms with E-state index in [9.17, 15) is 0 Å². The number of allylic oxidation sites excluding steroid dienone is 2. The van der Waals surface area contributed by atoms with Crippen LogP contribution in [0.1, 0.15) is 96.1 Å². The summed E-state index contributed by atoms with van der Waals surface area (Å²) in [5.41, 5.74) is 21.2. The van der Waals surface area contributed by atoms with Crippen molar-refractivity contribution in [2.75, 3.05) is 0 Å². The molecule has 58 heavy (non-hydrogen) atoms. The van der Waals surface area contributed by atoms with Crippen LogP contribution in [0.25, 0.3) is 45.5 Å². The Morgan fingerprint density at radius 3 is 1.38 bits per heavy atom. The monoisotopic (exact) mass is 939 g/mol. The van der Waals surface area contributed by atoms with E-state index in [0.717, 1.165) is 12.8 Å². The molecule has 2 heteroatoms. The number of benzene rings is 6. The molecule has 0 spiro atoms. The summed E-state index contributed by atoms with van der Waals surface area (Å²) in [5, 5.41) is 3.39. The molecule has 0 nitrogen and oxygen atoms in total. The second kappa shape index (κ2) is 16.2. The molecular formula is C56H59HfSi. The molecule has 9 rings (SSSR count). The van der Waals surface area contributed by atoms with Crippen LogP contribution in [-0.4, -0.2) is 9.52 Å². The number of rotatable bonds is 11. The molecule has 1 heterocycles. The van der Waals surface area contributed by atoms with Crippen LogP contribution in [0.2, 0.25) is 0 Å². The second-order valence-corrected chi connectivity index (χ2v) is 29.9. The Morgan fingerprint density at radius 1 is 0.448 bits per heavy atom. The zero-order valence-electron chi connectivity index (χ0n) is 35.9. The Bertz CT molecular complexity index is 2450. The number of hydrogen-bond donors (Lipinski definition) is 0. The van der Waals surface area contributed by atoms with E-state index in [1.54, 1.807) is 36.0 Å². The van der Waals surface area contributed by atoms with Crippen molar-refractivity contribution in [3.8, 4) is 33.4 Å². The molecule has 3 aliphatic rings. The first-order valence-corrected chi connectivity index (χ1v) is 29.4. The van der Waals surface area contributed by atoms with Crippen molar-refractivity contribution in [2.45, 2.75) is 75.6 Å². The number of fused-ring (bicyclic) bond motifs is 5. The summed E-state index contributed by atoms with van der Waals surface area (Å²) in [4.78, 5) is 0. The van der Waals surface area contributed by atoms with Gasteiger partial charge in [-0.25, -0.2) is 0 Å². The van der Waals surface area contributed by atoms with E-state index in [2.05, 4.69) is 195 Å². The van der Waals surface area contributed by atoms with Crippen molar-refractivity contribution in [3.05, 3.63) is 172 Å². The average molecular weight is 939 g/mol. The fourth-order valence-electron chi connectivity index (χ4n) is 10.7. The second-order valence-electron chi connectivity index (χ2n) is 18.7. The van der Waals surface area contributed by atoms with Gasteiger partial charge < -0.3 is 0 Å². The molecule has 2 unspecified atom stereocenters. The van der Waals surface area contributed by atoms with Crippen LogP contribution < -0.4 is 13.7 Å². The van der Waals surface area contributed by atoms with E-state index in [-0.39, 0.29) is 0 Å². The van der Waals surface area contributed by atoms with Crippen molar-refractivity contribution in [3.63, 3.8) is 0 Å². The van der Waals surface area contributed by atoms with Gasteiger partial charge in [-0.05, 0) is 0 Å². The summed E-state index contributed by atoms with van der Waals surface area (Å²) in [6, 6.07) is 50.2. The molecule has 6 aromatic rings. The van der Waals surface area contributed by atoms with Gasteiger partial charge in [0.05, 0.1) is 0 Å². The summed E-state index contributed by atoms with van der Waals surface area (Å²) in [7, 11) is -0.627. The summed E-state index contributed by atoms with van der Waals surface area (Å²) in [5.74, 6) is 2.13. The predicted molar refractivity (Wildman–Crippen MR) is 251 cm³/mol. The molecule has 0 saturated heterocycles. The first-order chi connectivity index (χ1) is 28.1. The average Bonchev–Trinajstić information content (AvgIpc) is 3.91. The first-order valence-electron chi connectivity index (χ1n) is 22.0. The van der Waals surface area contributed by atoms with E-state index in [0.29, 0.717) is 31.0 Å².